The van der Waals surface area contributed by atoms with Crippen LogP contribution in [0.15, 0.2) is 18.5 Å². The number of aliphatic hydroxyl groups is 1. The molecule has 0 aromatic carbocycles. The molecule has 1 rings (SSSR count). The number of aliphatic hydroxyl groups excluding tert-OH is 1. The third kappa shape index (κ3) is 5.11. The van der Waals surface area contributed by atoms with E-state index in [0.717, 1.165) is 5.56 Å². The number of hydrogen-bond acceptors (Lipinski definition) is 4. The Hall–Kier alpha value is -1.66. The molecule has 0 unspecified atom stereocenters. The smallest absolute Gasteiger partial charge is 0.246 e. The van der Waals surface area contributed by atoms with Gasteiger partial charge in [-0.2, -0.15) is 5.10 Å². The molecule has 0 atom stereocenters. The van der Waals surface area contributed by atoms with Crippen LogP contribution in [0.5, 0.6) is 0 Å². The van der Waals surface area contributed by atoms with Crippen LogP contribution in [0.25, 0.3) is 6.08 Å². The van der Waals surface area contributed by atoms with Crippen LogP contribution in [-0.2, 0) is 16.6 Å². The van der Waals surface area contributed by atoms with Crippen molar-refractivity contribution in [1.82, 2.24) is 14.7 Å². The van der Waals surface area contributed by atoms with Crippen LogP contribution in [0.4, 0.5) is 0 Å². The van der Waals surface area contributed by atoms with Gasteiger partial charge >= 0.3 is 0 Å². The van der Waals surface area contributed by atoms with Gasteiger partial charge in [-0.15, -0.1) is 0 Å². The summed E-state index contributed by atoms with van der Waals surface area (Å²) in [6.45, 7) is 1.21. The number of nitrogens with zero attached hydrogens (tertiary/aromatic N) is 3. The predicted octanol–water partition coefficient (Wildman–Crippen LogP) is -0.0994. The third-order valence-corrected chi connectivity index (χ3v) is 2.33. The lowest BCUT2D eigenvalue weighted by atomic mass is 10.3. The van der Waals surface area contributed by atoms with Crippen LogP contribution in [0.1, 0.15) is 5.56 Å². The molecular weight excluding hydrogens is 234 g/mol. The van der Waals surface area contributed by atoms with Crippen molar-refractivity contribution in [3.63, 3.8) is 0 Å². The van der Waals surface area contributed by atoms with Gasteiger partial charge in [0.15, 0.2) is 0 Å². The van der Waals surface area contributed by atoms with Gasteiger partial charge in [0, 0.05) is 38.5 Å². The average Bonchev–Trinajstić information content (AvgIpc) is 2.77. The lowest BCUT2D eigenvalue weighted by molar-refractivity contribution is -0.125. The summed E-state index contributed by atoms with van der Waals surface area (Å²) >= 11 is 0. The zero-order chi connectivity index (χ0) is 13.4. The number of carbonyl (C=O) groups excluding carboxylic acids is 1. The highest BCUT2D eigenvalue weighted by Crippen LogP contribution is 2.00. The van der Waals surface area contributed by atoms with Gasteiger partial charge in [-0.05, 0) is 6.08 Å². The highest BCUT2D eigenvalue weighted by Gasteiger charge is 2.04. The highest BCUT2D eigenvalue weighted by atomic mass is 16.5. The molecule has 1 heterocycles. The van der Waals surface area contributed by atoms with Crippen LogP contribution in [0.3, 0.4) is 0 Å². The van der Waals surface area contributed by atoms with E-state index in [-0.39, 0.29) is 12.5 Å². The minimum absolute atomic E-state index is 0.00142. The molecule has 0 aliphatic heterocycles. The van der Waals surface area contributed by atoms with Crippen LogP contribution < -0.4 is 0 Å². The normalized spacial score (nSPS) is 11.1. The van der Waals surface area contributed by atoms with Gasteiger partial charge in [-0.25, -0.2) is 0 Å². The van der Waals surface area contributed by atoms with Crippen LogP contribution in [0, 0.1) is 0 Å². The molecule has 0 aliphatic rings. The van der Waals surface area contributed by atoms with E-state index >= 15 is 0 Å². The Bertz CT molecular complexity index is 401. The zero-order valence-corrected chi connectivity index (χ0v) is 10.7. The standard InChI is InChI=1S/C12H19N3O3/c1-14(5-7-18-8-6-16)12(17)4-3-11-9-13-15(2)10-11/h3-4,9-10,16H,5-8H2,1-2H3/b4-3+. The average molecular weight is 253 g/mol. The van der Waals surface area contributed by atoms with Crippen LogP contribution >= 0.6 is 0 Å². The number of likely N-dealkylation sites (N-methyl/N-ethyl adjacent to an activating group) is 1. The van der Waals surface area contributed by atoms with E-state index in [0.29, 0.717) is 19.8 Å². The molecule has 0 saturated heterocycles. The molecule has 0 radical (unpaired) electrons. The van der Waals surface area contributed by atoms with Crippen molar-refractivity contribution >= 4 is 12.0 Å². The lowest BCUT2D eigenvalue weighted by Crippen LogP contribution is -2.28. The Morgan fingerprint density at radius 2 is 2.39 bits per heavy atom. The molecule has 0 saturated carbocycles. The molecule has 1 N–H and O–H groups in total. The van der Waals surface area contributed by atoms with Crippen LogP contribution in [0.2, 0.25) is 0 Å². The van der Waals surface area contributed by atoms with Gasteiger partial charge in [0.1, 0.15) is 0 Å². The Kier molecular flexibility index (Phi) is 6.10. The topological polar surface area (TPSA) is 67.6 Å². The van der Waals surface area contributed by atoms with Gasteiger partial charge in [-0.1, -0.05) is 0 Å². The van der Waals surface area contributed by atoms with Crippen LogP contribution in [-0.4, -0.2) is 59.1 Å². The summed E-state index contributed by atoms with van der Waals surface area (Å²) < 4.78 is 6.77. The summed E-state index contributed by atoms with van der Waals surface area (Å²) in [5.41, 5.74) is 0.885. The van der Waals surface area contributed by atoms with E-state index in [9.17, 15) is 4.79 Å². The molecular formula is C12H19N3O3. The van der Waals surface area contributed by atoms with E-state index < -0.39 is 0 Å². The Labute approximate surface area is 106 Å². The number of aryl methyl sites for hydroxylation is 1. The second kappa shape index (κ2) is 7.62. The maximum Gasteiger partial charge on any atom is 0.246 e. The summed E-state index contributed by atoms with van der Waals surface area (Å²) in [6.07, 6.45) is 6.74. The lowest BCUT2D eigenvalue weighted by Gasteiger charge is -2.14. The molecule has 0 aliphatic carbocycles. The summed E-state index contributed by atoms with van der Waals surface area (Å²) in [5.74, 6) is -0.0912. The molecule has 0 spiro atoms. The monoisotopic (exact) mass is 253 g/mol. The summed E-state index contributed by atoms with van der Waals surface area (Å²) in [4.78, 5) is 13.3. The van der Waals surface area contributed by atoms with Gasteiger partial charge in [0.2, 0.25) is 5.91 Å². The maximum absolute atomic E-state index is 11.7. The molecule has 6 heteroatoms. The molecule has 1 aromatic rings. The van der Waals surface area contributed by atoms with Crippen molar-refractivity contribution in [1.29, 1.82) is 0 Å². The van der Waals surface area contributed by atoms with E-state index in [2.05, 4.69) is 5.10 Å². The molecule has 1 amide bonds. The second-order valence-corrected chi connectivity index (χ2v) is 3.88. The van der Waals surface area contributed by atoms with Gasteiger partial charge < -0.3 is 14.7 Å². The summed E-state index contributed by atoms with van der Waals surface area (Å²) in [6, 6.07) is 0. The Morgan fingerprint density at radius 3 is 3.00 bits per heavy atom. The van der Waals surface area contributed by atoms with Gasteiger partial charge in [0.25, 0.3) is 0 Å². The fourth-order valence-corrected chi connectivity index (χ4v) is 1.30. The SMILES string of the molecule is CN(CCOCCO)C(=O)/C=C/c1cnn(C)c1. The Balaban J connectivity index is 2.33. The predicted molar refractivity (Wildman–Crippen MR) is 67.8 cm³/mol. The molecule has 1 aromatic heterocycles. The number of carbonyl (C=O) groups is 1. The number of aromatic nitrogens is 2. The number of hydrogen-bond donors (Lipinski definition) is 1. The summed E-state index contributed by atoms with van der Waals surface area (Å²) in [5, 5.41) is 12.5. The van der Waals surface area contributed by atoms with E-state index in [1.807, 2.05) is 13.2 Å². The quantitative estimate of drug-likeness (QED) is 0.544. The van der Waals surface area contributed by atoms with E-state index in [1.165, 1.54) is 6.08 Å². The van der Waals surface area contributed by atoms with Gasteiger partial charge in [0.05, 0.1) is 26.0 Å². The molecule has 0 bridgehead atoms. The van der Waals surface area contributed by atoms with E-state index in [1.54, 1.807) is 28.9 Å². The number of rotatable bonds is 7. The highest BCUT2D eigenvalue weighted by molar-refractivity contribution is 5.91. The molecule has 6 nitrogen and oxygen atoms in total. The minimum atomic E-state index is -0.0912. The zero-order valence-electron chi connectivity index (χ0n) is 10.7. The Morgan fingerprint density at radius 1 is 1.61 bits per heavy atom. The first-order valence-electron chi connectivity index (χ1n) is 5.74. The largest absolute Gasteiger partial charge is 0.394 e. The van der Waals surface area contributed by atoms with Crippen molar-refractivity contribution in [2.24, 2.45) is 7.05 Å². The number of ether oxygens (including phenoxy) is 1. The fourth-order valence-electron chi connectivity index (χ4n) is 1.30. The molecule has 18 heavy (non-hydrogen) atoms. The van der Waals surface area contributed by atoms with Gasteiger partial charge in [-0.3, -0.25) is 9.48 Å². The molecule has 0 fully saturated rings. The first-order valence-corrected chi connectivity index (χ1v) is 5.74. The molecule has 100 valence electrons. The van der Waals surface area contributed by atoms with Crippen molar-refractivity contribution in [2.45, 2.75) is 0 Å². The second-order valence-electron chi connectivity index (χ2n) is 3.88. The maximum atomic E-state index is 11.7. The van der Waals surface area contributed by atoms with Crippen molar-refractivity contribution < 1.29 is 14.6 Å². The first kappa shape index (κ1) is 14.4. The summed E-state index contributed by atoms with van der Waals surface area (Å²) in [7, 11) is 3.53. The van der Waals surface area contributed by atoms with Crippen molar-refractivity contribution in [2.75, 3.05) is 33.4 Å². The third-order valence-electron chi connectivity index (χ3n) is 2.33. The first-order chi connectivity index (χ1) is 8.63. The van der Waals surface area contributed by atoms with Crippen molar-refractivity contribution in [3.05, 3.63) is 24.0 Å². The van der Waals surface area contributed by atoms with Crippen molar-refractivity contribution in [3.8, 4) is 0 Å². The minimum Gasteiger partial charge on any atom is -0.394 e. The number of amides is 1. The van der Waals surface area contributed by atoms with E-state index in [4.69, 9.17) is 9.84 Å². The fraction of sp³-hybridized carbons (Fsp3) is 0.500.